The topological polar surface area (TPSA) is 57.1 Å². The van der Waals surface area contributed by atoms with Gasteiger partial charge < -0.3 is 14.3 Å². The third-order valence-corrected chi connectivity index (χ3v) is 4.17. The van der Waals surface area contributed by atoms with Crippen molar-refractivity contribution in [3.63, 3.8) is 0 Å². The zero-order valence-corrected chi connectivity index (χ0v) is 12.9. The summed E-state index contributed by atoms with van der Waals surface area (Å²) < 4.78 is 11.5. The average molecular weight is 302 g/mol. The van der Waals surface area contributed by atoms with E-state index in [1.54, 1.807) is 14.0 Å². The first-order valence-corrected chi connectivity index (χ1v) is 7.63. The Balaban J connectivity index is 1.82. The Morgan fingerprint density at radius 1 is 1.32 bits per heavy atom. The van der Waals surface area contributed by atoms with E-state index in [4.69, 9.17) is 14.3 Å². The molecule has 0 bridgehead atoms. The Morgan fingerprint density at radius 3 is 2.73 bits per heavy atom. The Bertz CT molecular complexity index is 592. The van der Waals surface area contributed by atoms with Gasteiger partial charge in [0.25, 0.3) is 0 Å². The van der Waals surface area contributed by atoms with Crippen LogP contribution in [0.2, 0.25) is 0 Å². The maximum atomic E-state index is 10.9. The Kier molecular flexibility index (Phi) is 4.05. The first kappa shape index (κ1) is 14.9. The van der Waals surface area contributed by atoms with Gasteiger partial charge in [-0.15, -0.1) is 0 Å². The number of rotatable bonds is 5. The van der Waals surface area contributed by atoms with Crippen LogP contribution in [0.4, 0.5) is 0 Å². The summed E-state index contributed by atoms with van der Waals surface area (Å²) in [6.07, 6.45) is 7.13. The quantitative estimate of drug-likeness (QED) is 0.839. The van der Waals surface area contributed by atoms with Crippen molar-refractivity contribution in [3.8, 4) is 11.5 Å². The monoisotopic (exact) mass is 302 g/mol. The molecule has 0 N–H and O–H groups in total. The lowest BCUT2D eigenvalue weighted by Gasteiger charge is -2.17. The van der Waals surface area contributed by atoms with E-state index < -0.39 is 5.60 Å². The van der Waals surface area contributed by atoms with E-state index in [9.17, 15) is 4.79 Å². The van der Waals surface area contributed by atoms with E-state index in [0.29, 0.717) is 12.2 Å². The van der Waals surface area contributed by atoms with Crippen LogP contribution in [-0.4, -0.2) is 30.8 Å². The second-order valence-electron chi connectivity index (χ2n) is 6.03. The molecule has 117 valence electrons. The van der Waals surface area contributed by atoms with E-state index >= 15 is 0 Å². The minimum absolute atomic E-state index is 0.250. The number of carbonyl (C=O) groups excluding carboxylic acids is 1. The number of benzene rings is 1. The van der Waals surface area contributed by atoms with Crippen LogP contribution in [0.25, 0.3) is 0 Å². The summed E-state index contributed by atoms with van der Waals surface area (Å²) in [7, 11) is 1.63. The van der Waals surface area contributed by atoms with Crippen LogP contribution in [0.5, 0.6) is 11.5 Å². The fourth-order valence-electron chi connectivity index (χ4n) is 2.88. The molecule has 1 aliphatic heterocycles. The second-order valence-corrected chi connectivity index (χ2v) is 6.03. The van der Waals surface area contributed by atoms with Gasteiger partial charge in [-0.1, -0.05) is 5.16 Å². The van der Waals surface area contributed by atoms with Crippen LogP contribution >= 0.6 is 0 Å². The second kappa shape index (κ2) is 5.99. The van der Waals surface area contributed by atoms with Crippen LogP contribution in [0.3, 0.4) is 0 Å². The van der Waals surface area contributed by atoms with Crippen molar-refractivity contribution in [2.24, 2.45) is 5.16 Å². The fraction of sp³-hybridized carbons (Fsp3) is 0.529. The van der Waals surface area contributed by atoms with Gasteiger partial charge in [-0.2, -0.15) is 0 Å². The lowest BCUT2D eigenvalue weighted by molar-refractivity contribution is 0.0502. The van der Waals surface area contributed by atoms with Gasteiger partial charge in [0.05, 0.1) is 18.9 Å². The van der Waals surface area contributed by atoms with Crippen LogP contribution < -0.4 is 9.47 Å². The first-order valence-electron chi connectivity index (χ1n) is 7.63. The average Bonchev–Trinajstić information content (AvgIpc) is 3.18. The molecule has 0 amide bonds. The molecule has 1 aromatic carbocycles. The predicted molar refractivity (Wildman–Crippen MR) is 82.2 cm³/mol. The third-order valence-electron chi connectivity index (χ3n) is 4.17. The molecule has 5 nitrogen and oxygen atoms in total. The minimum Gasteiger partial charge on any atom is -0.493 e. The molecule has 1 radical (unpaired) electrons. The Labute approximate surface area is 130 Å². The van der Waals surface area contributed by atoms with Gasteiger partial charge in [0.2, 0.25) is 11.9 Å². The number of hydrogen-bond donors (Lipinski definition) is 0. The van der Waals surface area contributed by atoms with Gasteiger partial charge in [-0.3, -0.25) is 4.79 Å². The summed E-state index contributed by atoms with van der Waals surface area (Å²) in [6, 6.07) is 5.68. The maximum Gasteiger partial charge on any atom is 0.249 e. The highest BCUT2D eigenvalue weighted by Gasteiger charge is 2.35. The van der Waals surface area contributed by atoms with Crippen LogP contribution in [0.15, 0.2) is 23.4 Å². The Hall–Kier alpha value is -2.04. The van der Waals surface area contributed by atoms with Gasteiger partial charge in [-0.05, 0) is 50.8 Å². The summed E-state index contributed by atoms with van der Waals surface area (Å²) in [5, 5.41) is 4.02. The Morgan fingerprint density at radius 2 is 2.09 bits per heavy atom. The smallest absolute Gasteiger partial charge is 0.249 e. The van der Waals surface area contributed by atoms with Gasteiger partial charge in [0.1, 0.15) is 0 Å². The maximum absolute atomic E-state index is 10.9. The zero-order chi connectivity index (χ0) is 15.6. The third kappa shape index (κ3) is 2.93. The molecular formula is C17H20NO4. The van der Waals surface area contributed by atoms with Crippen molar-refractivity contribution in [2.75, 3.05) is 7.11 Å². The van der Waals surface area contributed by atoms with Gasteiger partial charge in [0, 0.05) is 12.0 Å². The molecule has 1 fully saturated rings. The molecule has 1 atom stereocenters. The fourth-order valence-corrected chi connectivity index (χ4v) is 2.88. The van der Waals surface area contributed by atoms with Gasteiger partial charge in [0.15, 0.2) is 11.5 Å². The standard InChI is InChI=1S/C17H20NO4/c1-17(11-19)10-14(18-22-17)12-7-8-15(20-2)16(9-12)21-13-5-3-4-6-13/h7-9,13H,3-6,10H2,1-2H3. The molecule has 3 rings (SSSR count). The zero-order valence-electron chi connectivity index (χ0n) is 12.9. The molecule has 0 saturated heterocycles. The van der Waals surface area contributed by atoms with Gasteiger partial charge >= 0.3 is 0 Å². The van der Waals surface area contributed by atoms with Crippen molar-refractivity contribution in [2.45, 2.75) is 50.7 Å². The summed E-state index contributed by atoms with van der Waals surface area (Å²) in [5.74, 6) is 1.43. The molecule has 2 aliphatic rings. The van der Waals surface area contributed by atoms with Crippen molar-refractivity contribution in [1.82, 2.24) is 0 Å². The normalized spacial score (nSPS) is 24.7. The van der Waals surface area contributed by atoms with E-state index in [0.717, 1.165) is 29.9 Å². The lowest BCUT2D eigenvalue weighted by atomic mass is 9.97. The summed E-state index contributed by atoms with van der Waals surface area (Å²) in [6.45, 7) is 1.68. The van der Waals surface area contributed by atoms with E-state index in [1.807, 2.05) is 24.5 Å². The predicted octanol–water partition coefficient (Wildman–Crippen LogP) is 3.01. The van der Waals surface area contributed by atoms with Crippen molar-refractivity contribution >= 4 is 12.0 Å². The minimum atomic E-state index is -0.984. The summed E-state index contributed by atoms with van der Waals surface area (Å²) in [4.78, 5) is 16.1. The summed E-state index contributed by atoms with van der Waals surface area (Å²) >= 11 is 0. The highest BCUT2D eigenvalue weighted by atomic mass is 16.7. The molecular weight excluding hydrogens is 282 g/mol. The molecule has 1 unspecified atom stereocenters. The number of oxime groups is 1. The first-order chi connectivity index (χ1) is 10.6. The van der Waals surface area contributed by atoms with Crippen molar-refractivity contribution in [1.29, 1.82) is 0 Å². The molecule has 1 saturated carbocycles. The number of hydrogen-bond acceptors (Lipinski definition) is 5. The van der Waals surface area contributed by atoms with Crippen LogP contribution in [0, 0.1) is 0 Å². The van der Waals surface area contributed by atoms with E-state index in [2.05, 4.69) is 5.16 Å². The number of ether oxygens (including phenoxy) is 2. The van der Waals surface area contributed by atoms with E-state index in [-0.39, 0.29) is 6.10 Å². The van der Waals surface area contributed by atoms with Gasteiger partial charge in [-0.25, -0.2) is 0 Å². The molecule has 1 heterocycles. The largest absolute Gasteiger partial charge is 0.493 e. The van der Waals surface area contributed by atoms with Crippen LogP contribution in [-0.2, 0) is 9.63 Å². The highest BCUT2D eigenvalue weighted by molar-refractivity contribution is 6.03. The number of methoxy groups -OCH3 is 1. The lowest BCUT2D eigenvalue weighted by Crippen LogP contribution is -2.26. The van der Waals surface area contributed by atoms with Crippen LogP contribution in [0.1, 0.15) is 44.6 Å². The molecule has 1 aromatic rings. The van der Waals surface area contributed by atoms with Crippen molar-refractivity contribution < 1.29 is 19.1 Å². The molecule has 0 aromatic heterocycles. The highest BCUT2D eigenvalue weighted by Crippen LogP contribution is 2.34. The summed E-state index contributed by atoms with van der Waals surface area (Å²) in [5.41, 5.74) is 0.624. The molecule has 22 heavy (non-hydrogen) atoms. The van der Waals surface area contributed by atoms with Crippen molar-refractivity contribution in [3.05, 3.63) is 23.8 Å². The molecule has 5 heteroatoms. The van der Waals surface area contributed by atoms with E-state index in [1.165, 1.54) is 12.8 Å². The number of nitrogens with zero attached hydrogens (tertiary/aromatic N) is 1. The molecule has 1 aliphatic carbocycles. The molecule has 0 spiro atoms. The SMILES string of the molecule is COc1ccc(C2=NOC(C)([C]=O)C2)cc1OC1CCCC1.